The van der Waals surface area contributed by atoms with E-state index in [1.807, 2.05) is 5.38 Å². The third-order valence-corrected chi connectivity index (χ3v) is 5.01. The van der Waals surface area contributed by atoms with Crippen molar-refractivity contribution in [1.29, 1.82) is 0 Å². The van der Waals surface area contributed by atoms with E-state index in [0.717, 1.165) is 0 Å². The van der Waals surface area contributed by atoms with Gasteiger partial charge in [0.1, 0.15) is 11.9 Å². The zero-order valence-corrected chi connectivity index (χ0v) is 15.2. The number of nitrogens with zero attached hydrogens (tertiary/aromatic N) is 2. The van der Waals surface area contributed by atoms with Gasteiger partial charge in [0.05, 0.1) is 12.7 Å². The molecule has 1 aromatic carbocycles. The van der Waals surface area contributed by atoms with Crippen LogP contribution in [0.25, 0.3) is 0 Å². The second-order valence-corrected chi connectivity index (χ2v) is 6.79. The van der Waals surface area contributed by atoms with E-state index in [2.05, 4.69) is 31.2 Å². The third-order valence-electron chi connectivity index (χ3n) is 3.54. The molecule has 124 valence electrons. The summed E-state index contributed by atoms with van der Waals surface area (Å²) in [7, 11) is 1.32. The van der Waals surface area contributed by atoms with Crippen LogP contribution in [0.4, 0.5) is 4.39 Å². The minimum Gasteiger partial charge on any atom is -0.466 e. The van der Waals surface area contributed by atoms with Crippen molar-refractivity contribution < 1.29 is 13.9 Å². The van der Waals surface area contributed by atoms with E-state index in [9.17, 15) is 9.18 Å². The topological polar surface area (TPSA) is 63.6 Å². The number of amidine groups is 1. The Bertz CT molecular complexity index is 849. The number of nitrogens with one attached hydrogen (secondary N) is 1. The molecule has 0 radical (unpaired) electrons. The molecule has 1 aliphatic rings. The maximum Gasteiger partial charge on any atom is 0.338 e. The van der Waals surface area contributed by atoms with Crippen LogP contribution in [-0.4, -0.2) is 23.9 Å². The lowest BCUT2D eigenvalue weighted by molar-refractivity contribution is -0.136. The van der Waals surface area contributed by atoms with Gasteiger partial charge in [0, 0.05) is 21.7 Å². The molecule has 0 bridgehead atoms. The molecule has 8 heteroatoms. The number of aromatic nitrogens is 1. The summed E-state index contributed by atoms with van der Waals surface area (Å²) in [5.74, 6) is -0.288. The largest absolute Gasteiger partial charge is 0.466 e. The number of hydrogen-bond donors (Lipinski definition) is 1. The summed E-state index contributed by atoms with van der Waals surface area (Å²) in [6, 6.07) is 3.67. The Morgan fingerprint density at radius 2 is 2.25 bits per heavy atom. The summed E-state index contributed by atoms with van der Waals surface area (Å²) in [4.78, 5) is 21.1. The number of methoxy groups -OCH3 is 1. The van der Waals surface area contributed by atoms with Crippen molar-refractivity contribution in [2.45, 2.75) is 13.0 Å². The Kier molecular flexibility index (Phi) is 4.77. The predicted octanol–water partition coefficient (Wildman–Crippen LogP) is 3.58. The Morgan fingerprint density at radius 1 is 1.46 bits per heavy atom. The average molecular weight is 410 g/mol. The van der Waals surface area contributed by atoms with Crippen LogP contribution in [0, 0.1) is 5.82 Å². The first-order chi connectivity index (χ1) is 11.5. The normalized spacial score (nSPS) is 17.3. The average Bonchev–Trinajstić information content (AvgIpc) is 3.08. The van der Waals surface area contributed by atoms with Gasteiger partial charge in [0.2, 0.25) is 0 Å². The van der Waals surface area contributed by atoms with Crippen molar-refractivity contribution in [3.05, 3.63) is 61.9 Å². The van der Waals surface area contributed by atoms with E-state index in [-0.39, 0.29) is 5.82 Å². The van der Waals surface area contributed by atoms with Crippen molar-refractivity contribution in [2.24, 2.45) is 4.99 Å². The number of benzene rings is 1. The highest BCUT2D eigenvalue weighted by Gasteiger charge is 2.32. The molecule has 24 heavy (non-hydrogen) atoms. The molecule has 0 saturated heterocycles. The molecule has 1 N–H and O–H groups in total. The molecule has 0 fully saturated rings. The fourth-order valence-corrected chi connectivity index (χ4v) is 3.60. The van der Waals surface area contributed by atoms with Gasteiger partial charge in [-0.25, -0.2) is 14.2 Å². The van der Waals surface area contributed by atoms with Crippen molar-refractivity contribution in [3.63, 3.8) is 0 Å². The fraction of sp³-hybridized carbons (Fsp3) is 0.188. The molecular formula is C16H13BrFN3O2S. The van der Waals surface area contributed by atoms with E-state index in [4.69, 9.17) is 4.74 Å². The summed E-state index contributed by atoms with van der Waals surface area (Å²) in [6.07, 6.45) is 1.68. The van der Waals surface area contributed by atoms with Crippen molar-refractivity contribution in [2.75, 3.05) is 7.11 Å². The number of ether oxygens (including phenoxy) is 1. The standard InChI is InChI=1S/C16H13BrFN3O2S/c1-8-12(16(22)23-2)13(10-4-3-9(18)7-11(10)17)21-14(20-8)15-19-5-6-24-15/h3-7,13H,1-2H3,(H,20,21)/t13-/m1/s1. The minimum absolute atomic E-state index is 0.371. The van der Waals surface area contributed by atoms with Crippen molar-refractivity contribution in [3.8, 4) is 0 Å². The van der Waals surface area contributed by atoms with Crippen LogP contribution >= 0.6 is 27.3 Å². The summed E-state index contributed by atoms with van der Waals surface area (Å²) in [6.45, 7) is 1.78. The van der Waals surface area contributed by atoms with Gasteiger partial charge in [-0.1, -0.05) is 22.0 Å². The Labute approximate surface area is 150 Å². The predicted molar refractivity (Wildman–Crippen MR) is 93.3 cm³/mol. The first-order valence-corrected chi connectivity index (χ1v) is 8.67. The van der Waals surface area contributed by atoms with E-state index in [1.54, 1.807) is 19.2 Å². The van der Waals surface area contributed by atoms with E-state index < -0.39 is 12.0 Å². The number of carbonyl (C=O) groups is 1. The molecule has 0 spiro atoms. The van der Waals surface area contributed by atoms with Crippen molar-refractivity contribution in [1.82, 2.24) is 10.3 Å². The van der Waals surface area contributed by atoms with Gasteiger partial charge in [-0.3, -0.25) is 4.99 Å². The van der Waals surface area contributed by atoms with E-state index in [0.29, 0.717) is 32.1 Å². The number of allylic oxidation sites excluding steroid dienone is 1. The van der Waals surface area contributed by atoms with Crippen LogP contribution < -0.4 is 5.32 Å². The maximum absolute atomic E-state index is 13.4. The first kappa shape index (κ1) is 16.8. The number of aliphatic imine (C=N–C) groups is 1. The van der Waals surface area contributed by atoms with Gasteiger partial charge in [0.25, 0.3) is 0 Å². The van der Waals surface area contributed by atoms with E-state index >= 15 is 0 Å². The zero-order chi connectivity index (χ0) is 17.3. The monoisotopic (exact) mass is 409 g/mol. The van der Waals surface area contributed by atoms with Crippen LogP contribution in [0.5, 0.6) is 0 Å². The molecule has 0 saturated carbocycles. The highest BCUT2D eigenvalue weighted by molar-refractivity contribution is 9.10. The fourth-order valence-electron chi connectivity index (χ4n) is 2.45. The number of thiazole rings is 1. The Balaban J connectivity index is 2.14. The molecule has 1 atom stereocenters. The van der Waals surface area contributed by atoms with Gasteiger partial charge in [-0.15, -0.1) is 11.3 Å². The minimum atomic E-state index is -0.618. The molecule has 1 aromatic heterocycles. The number of esters is 1. The molecule has 2 heterocycles. The SMILES string of the molecule is COC(=O)C1=C(C)NC(c2nccs2)=N[C@@H]1c1ccc(F)cc1Br. The number of halogens is 2. The molecule has 5 nitrogen and oxygen atoms in total. The summed E-state index contributed by atoms with van der Waals surface area (Å²) in [5, 5.41) is 5.66. The first-order valence-electron chi connectivity index (χ1n) is 7.00. The van der Waals surface area contributed by atoms with Crippen LogP contribution in [-0.2, 0) is 9.53 Å². The van der Waals surface area contributed by atoms with Crippen LogP contribution in [0.2, 0.25) is 0 Å². The molecule has 2 aromatic rings. The summed E-state index contributed by atoms with van der Waals surface area (Å²) in [5.41, 5.74) is 1.68. The summed E-state index contributed by atoms with van der Waals surface area (Å²) < 4.78 is 18.8. The second kappa shape index (κ2) is 6.82. The highest BCUT2D eigenvalue weighted by Crippen LogP contribution is 2.36. The Hall–Kier alpha value is -2.06. The quantitative estimate of drug-likeness (QED) is 0.786. The Morgan fingerprint density at radius 3 is 2.88 bits per heavy atom. The van der Waals surface area contributed by atoms with Gasteiger partial charge in [-0.05, 0) is 24.6 Å². The number of rotatable bonds is 3. The van der Waals surface area contributed by atoms with Crippen molar-refractivity contribution >= 4 is 39.1 Å². The smallest absolute Gasteiger partial charge is 0.338 e. The molecule has 0 aliphatic carbocycles. The second-order valence-electron chi connectivity index (χ2n) is 5.04. The van der Waals surface area contributed by atoms with Gasteiger partial charge in [-0.2, -0.15) is 0 Å². The molecule has 0 unspecified atom stereocenters. The van der Waals surface area contributed by atoms with Crippen LogP contribution in [0.3, 0.4) is 0 Å². The lowest BCUT2D eigenvalue weighted by atomic mass is 9.96. The highest BCUT2D eigenvalue weighted by atomic mass is 79.9. The molecule has 0 amide bonds. The maximum atomic E-state index is 13.4. The zero-order valence-electron chi connectivity index (χ0n) is 12.8. The molecule has 1 aliphatic heterocycles. The van der Waals surface area contributed by atoms with Gasteiger partial charge in [0.15, 0.2) is 10.8 Å². The number of hydrogen-bond acceptors (Lipinski definition) is 6. The number of carbonyl (C=O) groups excluding carboxylic acids is 1. The van der Waals surface area contributed by atoms with Gasteiger partial charge >= 0.3 is 5.97 Å². The van der Waals surface area contributed by atoms with E-state index in [1.165, 1.54) is 30.6 Å². The lowest BCUT2D eigenvalue weighted by Gasteiger charge is -2.25. The third kappa shape index (κ3) is 3.11. The van der Waals surface area contributed by atoms with Gasteiger partial charge < -0.3 is 10.1 Å². The van der Waals surface area contributed by atoms with Crippen LogP contribution in [0.15, 0.2) is 50.5 Å². The van der Waals surface area contributed by atoms with Crippen LogP contribution in [0.1, 0.15) is 23.5 Å². The molecular weight excluding hydrogens is 397 g/mol. The molecule has 3 rings (SSSR count). The summed E-state index contributed by atoms with van der Waals surface area (Å²) >= 11 is 4.79. The lowest BCUT2D eigenvalue weighted by Crippen LogP contribution is -2.32.